The summed E-state index contributed by atoms with van der Waals surface area (Å²) in [4.78, 5) is 0. The second-order valence-corrected chi connectivity index (χ2v) is 12.2. The Hall–Kier alpha value is -6.22. The van der Waals surface area contributed by atoms with Crippen molar-refractivity contribution in [3.05, 3.63) is 144 Å². The highest BCUT2D eigenvalue weighted by Gasteiger charge is 2.40. The van der Waals surface area contributed by atoms with E-state index >= 15 is 13.2 Å². The van der Waals surface area contributed by atoms with E-state index in [2.05, 4.69) is 0 Å². The number of alkyl halides is 9. The molecule has 0 amide bonds. The largest absolute Gasteiger partial charge is 0.420 e. The van der Waals surface area contributed by atoms with Crippen LogP contribution < -0.4 is 0 Å². The molecule has 0 saturated carbocycles. The number of benzene rings is 6. The van der Waals surface area contributed by atoms with Crippen LogP contribution in [-0.4, -0.2) is 9.13 Å². The normalized spacial score (nSPS) is 12.7. The minimum Gasteiger partial charge on any atom is -0.309 e. The van der Waals surface area contributed by atoms with Crippen molar-refractivity contribution in [3.63, 3.8) is 0 Å². The zero-order chi connectivity index (χ0) is 36.7. The summed E-state index contributed by atoms with van der Waals surface area (Å²) in [6.45, 7) is 0. The Labute approximate surface area is 288 Å². The zero-order valence-corrected chi connectivity index (χ0v) is 26.3. The van der Waals surface area contributed by atoms with Gasteiger partial charge in [-0.3, -0.25) is 0 Å². The van der Waals surface area contributed by atoms with E-state index in [1.54, 1.807) is 42.5 Å². The second kappa shape index (κ2) is 11.4. The molecule has 12 heteroatoms. The molecule has 0 atom stereocenters. The van der Waals surface area contributed by atoms with Crippen molar-refractivity contribution in [2.24, 2.45) is 0 Å². The molecule has 0 saturated heterocycles. The fourth-order valence-electron chi connectivity index (χ4n) is 7.01. The highest BCUT2D eigenvalue weighted by Crippen LogP contribution is 2.47. The molecule has 8 rings (SSSR count). The van der Waals surface area contributed by atoms with E-state index < -0.39 is 46.6 Å². The van der Waals surface area contributed by atoms with Crippen LogP contribution in [0.25, 0.3) is 66.1 Å². The van der Waals surface area contributed by atoms with Crippen LogP contribution in [0, 0.1) is 11.3 Å². The van der Waals surface area contributed by atoms with Gasteiger partial charge in [-0.15, -0.1) is 0 Å². The van der Waals surface area contributed by atoms with E-state index in [9.17, 15) is 31.6 Å². The molecule has 0 unspecified atom stereocenters. The van der Waals surface area contributed by atoms with Gasteiger partial charge in [0.05, 0.1) is 56.2 Å². The molecule has 8 aromatic rings. The number of rotatable bonds is 3. The van der Waals surface area contributed by atoms with Gasteiger partial charge < -0.3 is 9.13 Å². The average Bonchev–Trinajstić information content (AvgIpc) is 3.62. The van der Waals surface area contributed by atoms with Crippen LogP contribution in [0.2, 0.25) is 0 Å². The van der Waals surface area contributed by atoms with Crippen LogP contribution in [0.1, 0.15) is 22.3 Å². The standard InChI is InChI=1S/C40H20F9N3/c41-38(42,43)25-13-15-33-30(19-25)28-9-2-4-11-32(28)51(33)35-17-24(23-7-5-6-22(16-23)21-50)18-36(37(35)40(47,48)49)52-31-10-3-1-8-27(31)29-14-12-26(20-34(29)52)39(44,45)46/h1-20H. The van der Waals surface area contributed by atoms with Crippen molar-refractivity contribution in [2.45, 2.75) is 18.5 Å². The van der Waals surface area contributed by atoms with Gasteiger partial charge in [0.25, 0.3) is 0 Å². The maximum atomic E-state index is 15.8. The van der Waals surface area contributed by atoms with E-state index in [1.807, 2.05) is 6.07 Å². The Balaban J connectivity index is 1.59. The summed E-state index contributed by atoms with van der Waals surface area (Å²) in [7, 11) is 0. The quantitative estimate of drug-likeness (QED) is 0.168. The third-order valence-corrected chi connectivity index (χ3v) is 9.19. The number of nitrogens with zero attached hydrogens (tertiary/aromatic N) is 3. The number of aromatic nitrogens is 2. The SMILES string of the molecule is N#Cc1cccc(-c2cc(-n3c4ccccc4c4cc(C(F)(F)F)ccc43)c(C(F)(F)F)c(-n3c4ccccc4c4ccc(C(F)(F)F)cc43)c2)c1. The molecule has 3 nitrogen and oxygen atoms in total. The van der Waals surface area contributed by atoms with E-state index in [0.29, 0.717) is 10.9 Å². The first-order valence-corrected chi connectivity index (χ1v) is 15.6. The molecule has 0 fully saturated rings. The Morgan fingerprint density at radius 1 is 0.423 bits per heavy atom. The lowest BCUT2D eigenvalue weighted by atomic mass is 9.98. The summed E-state index contributed by atoms with van der Waals surface area (Å²) in [5, 5.41) is 10.6. The number of para-hydroxylation sites is 2. The Kier molecular flexibility index (Phi) is 7.22. The monoisotopic (exact) mass is 713 g/mol. The predicted octanol–water partition coefficient (Wildman–Crippen LogP) is 12.5. The van der Waals surface area contributed by atoms with Gasteiger partial charge in [-0.1, -0.05) is 54.6 Å². The van der Waals surface area contributed by atoms with Gasteiger partial charge >= 0.3 is 18.5 Å². The molecule has 258 valence electrons. The number of nitriles is 1. The highest BCUT2D eigenvalue weighted by atomic mass is 19.4. The smallest absolute Gasteiger partial charge is 0.309 e. The lowest BCUT2D eigenvalue weighted by Crippen LogP contribution is -2.16. The predicted molar refractivity (Wildman–Crippen MR) is 180 cm³/mol. The van der Waals surface area contributed by atoms with Gasteiger partial charge in [-0.05, 0) is 77.9 Å². The first kappa shape index (κ1) is 33.0. The van der Waals surface area contributed by atoms with Crippen LogP contribution in [0.3, 0.4) is 0 Å². The van der Waals surface area contributed by atoms with Crippen LogP contribution in [0.5, 0.6) is 0 Å². The third kappa shape index (κ3) is 5.23. The third-order valence-electron chi connectivity index (χ3n) is 9.19. The average molecular weight is 714 g/mol. The first-order valence-electron chi connectivity index (χ1n) is 15.6. The summed E-state index contributed by atoms with van der Waals surface area (Å²) in [6.07, 6.45) is -14.7. The zero-order valence-electron chi connectivity index (χ0n) is 26.3. The first-order chi connectivity index (χ1) is 24.6. The molecule has 0 spiro atoms. The van der Waals surface area contributed by atoms with Gasteiger partial charge in [-0.2, -0.15) is 44.8 Å². The Morgan fingerprint density at radius 3 is 1.54 bits per heavy atom. The Bertz CT molecular complexity index is 2770. The van der Waals surface area contributed by atoms with Crippen molar-refractivity contribution >= 4 is 43.6 Å². The summed E-state index contributed by atoms with van der Waals surface area (Å²) in [6, 6.07) is 28.6. The minimum absolute atomic E-state index is 0.0372. The number of hydrogen-bond donors (Lipinski definition) is 0. The van der Waals surface area contributed by atoms with Crippen molar-refractivity contribution < 1.29 is 39.5 Å². The van der Waals surface area contributed by atoms with Gasteiger partial charge in [0, 0.05) is 21.5 Å². The van der Waals surface area contributed by atoms with Crippen molar-refractivity contribution in [3.8, 4) is 28.6 Å². The second-order valence-electron chi connectivity index (χ2n) is 12.2. The highest BCUT2D eigenvalue weighted by molar-refractivity contribution is 6.11. The molecule has 0 N–H and O–H groups in total. The molecule has 0 radical (unpaired) electrons. The molecule has 6 aromatic carbocycles. The van der Waals surface area contributed by atoms with Crippen LogP contribution in [0.15, 0.2) is 121 Å². The molecule has 0 aliphatic rings. The fourth-order valence-corrected chi connectivity index (χ4v) is 7.01. The topological polar surface area (TPSA) is 33.6 Å². The van der Waals surface area contributed by atoms with E-state index in [0.717, 1.165) is 34.9 Å². The van der Waals surface area contributed by atoms with Crippen LogP contribution in [0.4, 0.5) is 39.5 Å². The molecule has 0 aliphatic carbocycles. The van der Waals surface area contributed by atoms with E-state index in [-0.39, 0.29) is 49.4 Å². The molecule has 52 heavy (non-hydrogen) atoms. The summed E-state index contributed by atoms with van der Waals surface area (Å²) < 4.78 is 134. The molecular weight excluding hydrogens is 693 g/mol. The molecular formula is C40H20F9N3. The lowest BCUT2D eigenvalue weighted by Gasteiger charge is -2.23. The minimum atomic E-state index is -5.15. The molecule has 2 heterocycles. The maximum absolute atomic E-state index is 15.8. The van der Waals surface area contributed by atoms with Gasteiger partial charge in [0.15, 0.2) is 0 Å². The van der Waals surface area contributed by atoms with Crippen molar-refractivity contribution in [1.29, 1.82) is 5.26 Å². The van der Waals surface area contributed by atoms with Crippen LogP contribution >= 0.6 is 0 Å². The Morgan fingerprint density at radius 2 is 0.942 bits per heavy atom. The number of halogens is 9. The number of hydrogen-bond acceptors (Lipinski definition) is 1. The summed E-state index contributed by atoms with van der Waals surface area (Å²) in [5.74, 6) is 0. The number of fused-ring (bicyclic) bond motifs is 6. The van der Waals surface area contributed by atoms with E-state index in [1.165, 1.54) is 53.1 Å². The van der Waals surface area contributed by atoms with Gasteiger partial charge in [0.2, 0.25) is 0 Å². The lowest BCUT2D eigenvalue weighted by molar-refractivity contribution is -0.138. The molecule has 0 aliphatic heterocycles. The van der Waals surface area contributed by atoms with Gasteiger partial charge in [0.1, 0.15) is 5.56 Å². The summed E-state index contributed by atoms with van der Waals surface area (Å²) >= 11 is 0. The molecule has 0 bridgehead atoms. The van der Waals surface area contributed by atoms with Crippen molar-refractivity contribution in [1.82, 2.24) is 9.13 Å². The molecule has 2 aromatic heterocycles. The van der Waals surface area contributed by atoms with Crippen LogP contribution in [-0.2, 0) is 18.5 Å². The fraction of sp³-hybridized carbons (Fsp3) is 0.0750. The van der Waals surface area contributed by atoms with Gasteiger partial charge in [-0.25, -0.2) is 0 Å². The van der Waals surface area contributed by atoms with Crippen molar-refractivity contribution in [2.75, 3.05) is 0 Å². The summed E-state index contributed by atoms with van der Waals surface area (Å²) in [5.41, 5.74) is -3.37. The van der Waals surface area contributed by atoms with E-state index in [4.69, 9.17) is 0 Å². The maximum Gasteiger partial charge on any atom is 0.420 e.